The topological polar surface area (TPSA) is 9.23 Å². The molecule has 168 valence electrons. The van der Waals surface area contributed by atoms with Crippen LogP contribution in [0, 0.1) is 17.5 Å². The molecule has 0 unspecified atom stereocenters. The van der Waals surface area contributed by atoms with Gasteiger partial charge in [-0.05, 0) is 79.2 Å². The first-order valence-corrected chi connectivity index (χ1v) is 11.5. The van der Waals surface area contributed by atoms with Crippen molar-refractivity contribution < 1.29 is 17.9 Å². The third kappa shape index (κ3) is 4.55. The Labute approximate surface area is 188 Å². The van der Waals surface area contributed by atoms with Crippen molar-refractivity contribution in [3.05, 3.63) is 88.7 Å². The number of hydrogen-bond donors (Lipinski definition) is 0. The van der Waals surface area contributed by atoms with Crippen molar-refractivity contribution in [3.8, 4) is 16.9 Å². The largest absolute Gasteiger partial charge is 0.494 e. The zero-order chi connectivity index (χ0) is 22.7. The summed E-state index contributed by atoms with van der Waals surface area (Å²) in [7, 11) is 0. The van der Waals surface area contributed by atoms with Crippen LogP contribution in [-0.4, -0.2) is 6.61 Å². The highest BCUT2D eigenvalue weighted by molar-refractivity contribution is 5.65. The van der Waals surface area contributed by atoms with Gasteiger partial charge in [-0.2, -0.15) is 0 Å². The van der Waals surface area contributed by atoms with E-state index in [0.717, 1.165) is 24.8 Å². The van der Waals surface area contributed by atoms with E-state index in [1.54, 1.807) is 24.3 Å². The zero-order valence-electron chi connectivity index (χ0n) is 18.6. The monoisotopic (exact) mass is 438 g/mol. The van der Waals surface area contributed by atoms with E-state index in [2.05, 4.69) is 6.92 Å². The van der Waals surface area contributed by atoms with Gasteiger partial charge in [0.25, 0.3) is 0 Å². The second-order valence-corrected chi connectivity index (χ2v) is 8.55. The van der Waals surface area contributed by atoms with Gasteiger partial charge < -0.3 is 4.74 Å². The molecule has 0 heterocycles. The lowest BCUT2D eigenvalue weighted by atomic mass is 9.75. The molecule has 1 aliphatic carbocycles. The molecule has 0 saturated heterocycles. The van der Waals surface area contributed by atoms with Crippen LogP contribution in [0.2, 0.25) is 0 Å². The smallest absolute Gasteiger partial charge is 0.166 e. The number of halogens is 3. The Kier molecular flexibility index (Phi) is 6.88. The summed E-state index contributed by atoms with van der Waals surface area (Å²) in [5.74, 6) is -1.22. The minimum absolute atomic E-state index is 0.0528. The van der Waals surface area contributed by atoms with Gasteiger partial charge in [0.05, 0.1) is 6.61 Å². The Morgan fingerprint density at radius 2 is 1.38 bits per heavy atom. The van der Waals surface area contributed by atoms with Gasteiger partial charge in [0.15, 0.2) is 11.6 Å². The summed E-state index contributed by atoms with van der Waals surface area (Å²) >= 11 is 0. The predicted molar refractivity (Wildman–Crippen MR) is 123 cm³/mol. The zero-order valence-corrected chi connectivity index (χ0v) is 18.6. The quantitative estimate of drug-likeness (QED) is 0.377. The van der Waals surface area contributed by atoms with Crippen LogP contribution in [0.3, 0.4) is 0 Å². The number of aryl methyl sites for hydroxylation is 1. The maximum absolute atomic E-state index is 15.0. The van der Waals surface area contributed by atoms with Gasteiger partial charge in [0, 0.05) is 11.6 Å². The van der Waals surface area contributed by atoms with Gasteiger partial charge in [-0.1, -0.05) is 49.4 Å². The first kappa shape index (κ1) is 22.4. The van der Waals surface area contributed by atoms with Crippen molar-refractivity contribution in [3.63, 3.8) is 0 Å². The van der Waals surface area contributed by atoms with Crippen LogP contribution in [0.5, 0.6) is 5.75 Å². The number of benzene rings is 3. The molecule has 4 rings (SSSR count). The fraction of sp³-hybridized carbons (Fsp3) is 0.357. The van der Waals surface area contributed by atoms with Gasteiger partial charge in [-0.3, -0.25) is 0 Å². The molecule has 1 aliphatic rings. The molecule has 0 radical (unpaired) electrons. The molecule has 0 aliphatic heterocycles. The Morgan fingerprint density at radius 1 is 0.750 bits per heavy atom. The first-order chi connectivity index (χ1) is 15.5. The molecule has 0 spiro atoms. The average Bonchev–Trinajstić information content (AvgIpc) is 2.82. The standard InChI is InChI=1S/C28H29F3O/c1-3-18-5-7-20(8-6-18)24-15-16-25(28(31)27(24)30)21-11-9-19(10-12-21)23-14-13-22(32-4-2)17-26(23)29/h5-8,13-17,19,21H,3-4,9-12H2,1-2H3. The molecule has 0 N–H and O–H groups in total. The summed E-state index contributed by atoms with van der Waals surface area (Å²) in [6.07, 6.45) is 3.81. The van der Waals surface area contributed by atoms with Crippen molar-refractivity contribution >= 4 is 0 Å². The fourth-order valence-electron chi connectivity index (χ4n) is 4.83. The fourth-order valence-corrected chi connectivity index (χ4v) is 4.83. The van der Waals surface area contributed by atoms with E-state index in [0.29, 0.717) is 47.5 Å². The SMILES string of the molecule is CCOc1ccc(C2CCC(c3ccc(-c4ccc(CC)cc4)c(F)c3F)CC2)c(F)c1. The lowest BCUT2D eigenvalue weighted by Gasteiger charge is -2.30. The summed E-state index contributed by atoms with van der Waals surface area (Å²) in [5.41, 5.74) is 3.25. The summed E-state index contributed by atoms with van der Waals surface area (Å²) in [5, 5.41) is 0. The molecular weight excluding hydrogens is 409 g/mol. The Balaban J connectivity index is 1.48. The van der Waals surface area contributed by atoms with Crippen LogP contribution < -0.4 is 4.74 Å². The molecule has 0 atom stereocenters. The van der Waals surface area contributed by atoms with E-state index >= 15 is 4.39 Å². The highest BCUT2D eigenvalue weighted by Crippen LogP contribution is 2.43. The second kappa shape index (κ2) is 9.81. The van der Waals surface area contributed by atoms with E-state index in [4.69, 9.17) is 4.74 Å². The predicted octanol–water partition coefficient (Wildman–Crippen LogP) is 8.17. The van der Waals surface area contributed by atoms with Gasteiger partial charge in [0.2, 0.25) is 0 Å². The molecular formula is C28H29F3O. The molecule has 1 nitrogen and oxygen atoms in total. The average molecular weight is 439 g/mol. The minimum atomic E-state index is -0.786. The van der Waals surface area contributed by atoms with Crippen LogP contribution in [0.15, 0.2) is 54.6 Å². The first-order valence-electron chi connectivity index (χ1n) is 11.5. The van der Waals surface area contributed by atoms with Gasteiger partial charge in [0.1, 0.15) is 11.6 Å². The molecule has 0 amide bonds. The minimum Gasteiger partial charge on any atom is -0.494 e. The van der Waals surface area contributed by atoms with Crippen molar-refractivity contribution in [2.45, 2.75) is 57.8 Å². The van der Waals surface area contributed by atoms with E-state index in [-0.39, 0.29) is 17.7 Å². The van der Waals surface area contributed by atoms with Gasteiger partial charge in [-0.15, -0.1) is 0 Å². The van der Waals surface area contributed by atoms with Crippen molar-refractivity contribution in [2.75, 3.05) is 6.61 Å². The number of hydrogen-bond acceptors (Lipinski definition) is 1. The summed E-state index contributed by atoms with van der Waals surface area (Å²) in [4.78, 5) is 0. The molecule has 0 aromatic heterocycles. The Morgan fingerprint density at radius 3 is 1.97 bits per heavy atom. The van der Waals surface area contributed by atoms with E-state index < -0.39 is 11.6 Å². The van der Waals surface area contributed by atoms with Crippen LogP contribution >= 0.6 is 0 Å². The van der Waals surface area contributed by atoms with Gasteiger partial charge in [-0.25, -0.2) is 13.2 Å². The second-order valence-electron chi connectivity index (χ2n) is 8.55. The van der Waals surface area contributed by atoms with Crippen LogP contribution in [0.4, 0.5) is 13.2 Å². The molecule has 4 heteroatoms. The molecule has 1 saturated carbocycles. The number of ether oxygens (including phenoxy) is 1. The molecule has 3 aromatic carbocycles. The van der Waals surface area contributed by atoms with Crippen molar-refractivity contribution in [2.24, 2.45) is 0 Å². The van der Waals surface area contributed by atoms with Crippen LogP contribution in [0.1, 0.15) is 68.1 Å². The molecule has 3 aromatic rings. The highest BCUT2D eigenvalue weighted by Gasteiger charge is 2.28. The van der Waals surface area contributed by atoms with Crippen LogP contribution in [-0.2, 0) is 6.42 Å². The van der Waals surface area contributed by atoms with Crippen molar-refractivity contribution in [1.82, 2.24) is 0 Å². The van der Waals surface area contributed by atoms with Gasteiger partial charge >= 0.3 is 0 Å². The van der Waals surface area contributed by atoms with E-state index in [9.17, 15) is 8.78 Å². The third-order valence-corrected chi connectivity index (χ3v) is 6.68. The van der Waals surface area contributed by atoms with E-state index in [1.807, 2.05) is 31.2 Å². The summed E-state index contributed by atoms with van der Waals surface area (Å²) in [6.45, 7) is 4.42. The lowest BCUT2D eigenvalue weighted by molar-refractivity contribution is 0.336. The third-order valence-electron chi connectivity index (χ3n) is 6.68. The Hall–Kier alpha value is -2.75. The molecule has 1 fully saturated rings. The summed E-state index contributed by atoms with van der Waals surface area (Å²) < 4.78 is 49.9. The highest BCUT2D eigenvalue weighted by atomic mass is 19.2. The Bertz CT molecular complexity index is 1070. The maximum Gasteiger partial charge on any atom is 0.166 e. The lowest BCUT2D eigenvalue weighted by Crippen LogP contribution is -2.15. The van der Waals surface area contributed by atoms with Crippen molar-refractivity contribution in [1.29, 1.82) is 0 Å². The molecule has 0 bridgehead atoms. The van der Waals surface area contributed by atoms with Crippen LogP contribution in [0.25, 0.3) is 11.1 Å². The number of rotatable bonds is 6. The molecule has 32 heavy (non-hydrogen) atoms. The maximum atomic E-state index is 15.0. The van der Waals surface area contributed by atoms with E-state index in [1.165, 1.54) is 6.07 Å². The normalized spacial score (nSPS) is 18.5. The summed E-state index contributed by atoms with van der Waals surface area (Å²) in [6, 6.07) is 16.0.